The van der Waals surface area contributed by atoms with Crippen LogP contribution in [0, 0.1) is 12.7 Å². The number of aryl methyl sites for hydroxylation is 1. The Bertz CT molecular complexity index is 655. The minimum Gasteiger partial charge on any atom is -0.419 e. The number of ether oxygens (including phenoxy) is 2. The fraction of sp³-hybridized carbons (Fsp3) is 0.412. The number of esters is 2. The Kier molecular flexibility index (Phi) is 4.07. The lowest BCUT2D eigenvalue weighted by atomic mass is 9.93. The van der Waals surface area contributed by atoms with E-state index in [0.717, 1.165) is 24.8 Å². The fourth-order valence-corrected chi connectivity index (χ4v) is 2.86. The maximum Gasteiger partial charge on any atom is 0.350 e. The first-order valence-electron chi connectivity index (χ1n) is 7.69. The van der Waals surface area contributed by atoms with E-state index < -0.39 is 23.5 Å². The molecule has 0 bridgehead atoms. The van der Waals surface area contributed by atoms with Gasteiger partial charge in [0.15, 0.2) is 5.57 Å². The molecule has 23 heavy (non-hydrogen) atoms. The van der Waals surface area contributed by atoms with Gasteiger partial charge < -0.3 is 14.8 Å². The molecule has 3 rings (SSSR count). The van der Waals surface area contributed by atoms with E-state index in [-0.39, 0.29) is 5.57 Å². The highest BCUT2D eigenvalue weighted by atomic mass is 19.1. The van der Waals surface area contributed by atoms with Gasteiger partial charge in [-0.2, -0.15) is 0 Å². The van der Waals surface area contributed by atoms with Gasteiger partial charge in [-0.3, -0.25) is 0 Å². The summed E-state index contributed by atoms with van der Waals surface area (Å²) in [6.07, 6.45) is 5.05. The second-order valence-corrected chi connectivity index (χ2v) is 5.91. The fourth-order valence-electron chi connectivity index (χ4n) is 2.86. The Morgan fingerprint density at radius 2 is 1.78 bits per heavy atom. The summed E-state index contributed by atoms with van der Waals surface area (Å²) >= 11 is 0. The van der Waals surface area contributed by atoms with E-state index in [4.69, 9.17) is 9.47 Å². The van der Waals surface area contributed by atoms with Crippen LogP contribution in [0.3, 0.4) is 0 Å². The van der Waals surface area contributed by atoms with E-state index in [1.807, 2.05) is 0 Å². The summed E-state index contributed by atoms with van der Waals surface area (Å²) in [5.74, 6) is -2.92. The van der Waals surface area contributed by atoms with Crippen molar-refractivity contribution in [1.29, 1.82) is 0 Å². The van der Waals surface area contributed by atoms with Crippen LogP contribution in [0.4, 0.5) is 10.1 Å². The number of nitrogens with one attached hydrogen (secondary N) is 1. The third kappa shape index (κ3) is 3.21. The van der Waals surface area contributed by atoms with Crippen LogP contribution in [0.1, 0.15) is 37.7 Å². The molecule has 5 nitrogen and oxygen atoms in total. The van der Waals surface area contributed by atoms with E-state index >= 15 is 0 Å². The molecule has 0 unspecified atom stereocenters. The SMILES string of the molecule is Cc1ccc(F)cc1NC=C1C(=O)OC2(CCCCC2)OC1=O. The van der Waals surface area contributed by atoms with Crippen molar-refractivity contribution >= 4 is 17.6 Å². The molecule has 122 valence electrons. The number of hydrogen-bond donors (Lipinski definition) is 1. The number of anilines is 1. The molecule has 1 aliphatic carbocycles. The standard InChI is InChI=1S/C17H18FNO4/c1-11-5-6-12(18)9-14(11)19-10-13-15(20)22-17(23-16(13)21)7-3-2-4-8-17/h5-6,9-10,19H,2-4,7-8H2,1H3. The lowest BCUT2D eigenvalue weighted by molar-refractivity contribution is -0.244. The first-order valence-corrected chi connectivity index (χ1v) is 7.69. The molecule has 0 amide bonds. The topological polar surface area (TPSA) is 64.6 Å². The average Bonchev–Trinajstić information content (AvgIpc) is 2.50. The average molecular weight is 319 g/mol. The number of rotatable bonds is 2. The highest BCUT2D eigenvalue weighted by molar-refractivity contribution is 6.15. The van der Waals surface area contributed by atoms with Gasteiger partial charge in [0.1, 0.15) is 5.82 Å². The van der Waals surface area contributed by atoms with Gasteiger partial charge in [0.25, 0.3) is 5.79 Å². The van der Waals surface area contributed by atoms with Gasteiger partial charge >= 0.3 is 11.9 Å². The minimum absolute atomic E-state index is 0.218. The number of carbonyl (C=O) groups is 2. The molecule has 1 saturated heterocycles. The normalized spacial score (nSPS) is 20.0. The van der Waals surface area contributed by atoms with Gasteiger partial charge in [0.2, 0.25) is 0 Å². The van der Waals surface area contributed by atoms with Gasteiger partial charge in [-0.1, -0.05) is 12.5 Å². The summed E-state index contributed by atoms with van der Waals surface area (Å²) in [6.45, 7) is 1.79. The van der Waals surface area contributed by atoms with Gasteiger partial charge in [-0.25, -0.2) is 14.0 Å². The number of hydrogen-bond acceptors (Lipinski definition) is 5. The molecule has 6 heteroatoms. The smallest absolute Gasteiger partial charge is 0.350 e. The Morgan fingerprint density at radius 3 is 2.43 bits per heavy atom. The van der Waals surface area contributed by atoms with Crippen molar-refractivity contribution in [3.05, 3.63) is 41.4 Å². The molecule has 1 aromatic rings. The van der Waals surface area contributed by atoms with E-state index in [9.17, 15) is 14.0 Å². The van der Waals surface area contributed by atoms with Crippen molar-refractivity contribution in [2.24, 2.45) is 0 Å². The quantitative estimate of drug-likeness (QED) is 0.515. The van der Waals surface area contributed by atoms with Gasteiger partial charge in [0.05, 0.1) is 0 Å². The second-order valence-electron chi connectivity index (χ2n) is 5.91. The Balaban J connectivity index is 1.77. The third-order valence-corrected chi connectivity index (χ3v) is 4.18. The van der Waals surface area contributed by atoms with Crippen LogP contribution in [0.25, 0.3) is 0 Å². The van der Waals surface area contributed by atoms with Crippen molar-refractivity contribution in [3.63, 3.8) is 0 Å². The van der Waals surface area contributed by atoms with Gasteiger partial charge in [-0.05, 0) is 37.5 Å². The largest absolute Gasteiger partial charge is 0.419 e. The Morgan fingerprint density at radius 1 is 1.13 bits per heavy atom. The maximum atomic E-state index is 13.3. The second kappa shape index (κ2) is 6.02. The van der Waals surface area contributed by atoms with Crippen LogP contribution >= 0.6 is 0 Å². The molecule has 1 N–H and O–H groups in total. The molecule has 0 aromatic heterocycles. The summed E-state index contributed by atoms with van der Waals surface area (Å²) < 4.78 is 24.0. The molecule has 0 radical (unpaired) electrons. The van der Waals surface area contributed by atoms with E-state index in [0.29, 0.717) is 18.5 Å². The zero-order chi connectivity index (χ0) is 16.4. The molecule has 1 aliphatic heterocycles. The van der Waals surface area contributed by atoms with Crippen molar-refractivity contribution < 1.29 is 23.5 Å². The zero-order valence-corrected chi connectivity index (χ0v) is 12.9. The monoisotopic (exact) mass is 319 g/mol. The molecule has 0 atom stereocenters. The first kappa shape index (κ1) is 15.5. The summed E-state index contributed by atoms with van der Waals surface area (Å²) in [5, 5.41) is 2.77. The molecular formula is C17H18FNO4. The lowest BCUT2D eigenvalue weighted by Crippen LogP contribution is -2.47. The lowest BCUT2D eigenvalue weighted by Gasteiger charge is -2.38. The van der Waals surface area contributed by atoms with Crippen molar-refractivity contribution in [2.45, 2.75) is 44.8 Å². The maximum absolute atomic E-state index is 13.3. The number of halogens is 1. The molecule has 1 spiro atoms. The summed E-state index contributed by atoms with van der Waals surface area (Å²) in [6, 6.07) is 4.23. The van der Waals surface area contributed by atoms with Crippen LogP contribution in [0.5, 0.6) is 0 Å². The highest BCUT2D eigenvalue weighted by Gasteiger charge is 2.46. The predicted octanol–water partition coefficient (Wildman–Crippen LogP) is 3.19. The van der Waals surface area contributed by atoms with Crippen LogP contribution in [-0.4, -0.2) is 17.7 Å². The Labute approximate surface area is 133 Å². The summed E-state index contributed by atoms with van der Waals surface area (Å²) in [4.78, 5) is 24.3. The van der Waals surface area contributed by atoms with Crippen molar-refractivity contribution in [2.75, 3.05) is 5.32 Å². The Hall–Kier alpha value is -2.37. The number of carbonyl (C=O) groups excluding carboxylic acids is 2. The zero-order valence-electron chi connectivity index (χ0n) is 12.9. The van der Waals surface area contributed by atoms with Crippen LogP contribution < -0.4 is 5.32 Å². The minimum atomic E-state index is -1.10. The van der Waals surface area contributed by atoms with Crippen LogP contribution in [0.15, 0.2) is 30.0 Å². The first-order chi connectivity index (χ1) is 11.0. The van der Waals surface area contributed by atoms with Crippen LogP contribution in [0.2, 0.25) is 0 Å². The molecule has 2 aliphatic rings. The molecule has 2 fully saturated rings. The molecule has 1 aromatic carbocycles. The number of benzene rings is 1. The van der Waals surface area contributed by atoms with Gasteiger partial charge in [0, 0.05) is 24.7 Å². The summed E-state index contributed by atoms with van der Waals surface area (Å²) in [5.41, 5.74) is 1.03. The molecule has 1 heterocycles. The van der Waals surface area contributed by atoms with E-state index in [1.165, 1.54) is 18.3 Å². The third-order valence-electron chi connectivity index (χ3n) is 4.18. The highest BCUT2D eigenvalue weighted by Crippen LogP contribution is 2.37. The van der Waals surface area contributed by atoms with E-state index in [1.54, 1.807) is 13.0 Å². The van der Waals surface area contributed by atoms with Crippen molar-refractivity contribution in [1.82, 2.24) is 0 Å². The molecule has 1 saturated carbocycles. The molecular weight excluding hydrogens is 301 g/mol. The predicted molar refractivity (Wildman–Crippen MR) is 80.8 cm³/mol. The van der Waals surface area contributed by atoms with E-state index in [2.05, 4.69) is 5.32 Å². The summed E-state index contributed by atoms with van der Waals surface area (Å²) in [7, 11) is 0. The van der Waals surface area contributed by atoms with Gasteiger partial charge in [-0.15, -0.1) is 0 Å². The van der Waals surface area contributed by atoms with Crippen molar-refractivity contribution in [3.8, 4) is 0 Å². The van der Waals surface area contributed by atoms with Crippen LogP contribution in [-0.2, 0) is 19.1 Å².